The molecule has 2 amide bonds. The van der Waals surface area contributed by atoms with Crippen LogP contribution in [-0.2, 0) is 19.1 Å². The van der Waals surface area contributed by atoms with Gasteiger partial charge in [0.25, 0.3) is 11.8 Å². The van der Waals surface area contributed by atoms with E-state index < -0.39 is 38.3 Å². The van der Waals surface area contributed by atoms with E-state index in [1.54, 1.807) is 25.3 Å². The van der Waals surface area contributed by atoms with Gasteiger partial charge in [0.15, 0.2) is 14.9 Å². The number of nitriles is 1. The van der Waals surface area contributed by atoms with Gasteiger partial charge in [0.05, 0.1) is 24.6 Å². The van der Waals surface area contributed by atoms with E-state index in [1.165, 1.54) is 37.8 Å². The zero-order valence-corrected chi connectivity index (χ0v) is 20.3. The smallest absolute Gasteiger partial charge is 0.369 e. The van der Waals surface area contributed by atoms with Gasteiger partial charge in [-0.05, 0) is 55.9 Å². The number of amides is 2. The molecule has 1 aromatic heterocycles. The summed E-state index contributed by atoms with van der Waals surface area (Å²) in [5.41, 5.74) is 0.135. The number of aryl methyl sites for hydroxylation is 1. The first kappa shape index (κ1) is 24.1. The first-order valence-corrected chi connectivity index (χ1v) is 11.4. The second-order valence-corrected chi connectivity index (χ2v) is 11.1. The predicted molar refractivity (Wildman–Crippen MR) is 119 cm³/mol. The number of aromatic nitrogens is 1. The SMILES string of the molecule is COC(=O)S[C@@]1(C)C(=O)N2[C@@H](c3ccc(C)nc3)[C@@](C)(C#N)C[C@]2(SC(C)=O)C(=O)N1C. The lowest BCUT2D eigenvalue weighted by Crippen LogP contribution is -2.71. The molecule has 9 nitrogen and oxygen atoms in total. The molecule has 4 atom stereocenters. The van der Waals surface area contributed by atoms with Crippen LogP contribution in [0, 0.1) is 23.7 Å². The molecule has 3 rings (SSSR count). The Morgan fingerprint density at radius 2 is 1.91 bits per heavy atom. The van der Waals surface area contributed by atoms with Crippen LogP contribution in [-0.4, -0.2) is 60.9 Å². The van der Waals surface area contributed by atoms with E-state index in [0.717, 1.165) is 17.5 Å². The molecule has 0 unspecified atom stereocenters. The number of thioether (sulfide) groups is 2. The Morgan fingerprint density at radius 1 is 1.25 bits per heavy atom. The third-order valence-electron chi connectivity index (χ3n) is 6.02. The molecule has 3 heterocycles. The molecular formula is C21H24N4O5S2. The fourth-order valence-corrected chi connectivity index (χ4v) is 6.57. The molecule has 0 aliphatic carbocycles. The number of carbonyl (C=O) groups excluding carboxylic acids is 4. The van der Waals surface area contributed by atoms with E-state index in [2.05, 4.69) is 11.1 Å². The van der Waals surface area contributed by atoms with Gasteiger partial charge < -0.3 is 14.5 Å². The molecular weight excluding hydrogens is 452 g/mol. The van der Waals surface area contributed by atoms with E-state index in [1.807, 2.05) is 6.92 Å². The maximum absolute atomic E-state index is 14.0. The third kappa shape index (κ3) is 3.46. The predicted octanol–water partition coefficient (Wildman–Crippen LogP) is 2.86. The quantitative estimate of drug-likeness (QED) is 0.606. The first-order valence-electron chi connectivity index (χ1n) is 9.78. The number of ether oxygens (including phenoxy) is 1. The van der Waals surface area contributed by atoms with E-state index in [4.69, 9.17) is 4.74 Å². The summed E-state index contributed by atoms with van der Waals surface area (Å²) in [7, 11) is 2.60. The Hall–Kier alpha value is -2.58. The second kappa shape index (κ2) is 8.08. The summed E-state index contributed by atoms with van der Waals surface area (Å²) in [6.07, 6.45) is 1.53. The number of hydrogen-bond donors (Lipinski definition) is 0. The van der Waals surface area contributed by atoms with Gasteiger partial charge in [-0.1, -0.05) is 6.07 Å². The minimum atomic E-state index is -1.62. The van der Waals surface area contributed by atoms with E-state index in [-0.39, 0.29) is 11.5 Å². The van der Waals surface area contributed by atoms with Gasteiger partial charge in [-0.15, -0.1) is 0 Å². The first-order chi connectivity index (χ1) is 14.9. The zero-order chi connectivity index (χ0) is 24.1. The molecule has 2 aliphatic rings. The highest BCUT2D eigenvalue weighted by Gasteiger charge is 2.71. The number of nitrogens with zero attached hydrogens (tertiary/aromatic N) is 4. The standard InChI is InChI=1S/C21H24N4O5S2/c1-12-7-8-14(9-23-12)15-19(3,11-22)10-21(31-13(2)26)17(28)24(5)20(4,16(27)25(15)21)32-18(29)30-6/h7-9,15H,10H2,1-6H3/t15-,19+,20-,21-/m0/s1. The normalized spacial score (nSPS) is 31.8. The van der Waals surface area contributed by atoms with Crippen molar-refractivity contribution in [1.82, 2.24) is 14.8 Å². The van der Waals surface area contributed by atoms with Crippen molar-refractivity contribution in [2.75, 3.05) is 14.2 Å². The Kier molecular flexibility index (Phi) is 6.08. The number of fused-ring (bicyclic) bond motifs is 1. The molecule has 32 heavy (non-hydrogen) atoms. The van der Waals surface area contributed by atoms with Crippen molar-refractivity contribution in [3.8, 4) is 6.07 Å². The number of piperazine rings is 1. The van der Waals surface area contributed by atoms with Crippen LogP contribution in [0.3, 0.4) is 0 Å². The molecule has 0 saturated carbocycles. The average Bonchev–Trinajstić information content (AvgIpc) is 3.01. The van der Waals surface area contributed by atoms with Crippen LogP contribution < -0.4 is 0 Å². The molecule has 170 valence electrons. The van der Waals surface area contributed by atoms with Crippen molar-refractivity contribution in [2.45, 2.75) is 49.9 Å². The van der Waals surface area contributed by atoms with Gasteiger partial charge in [0, 0.05) is 32.3 Å². The molecule has 2 aliphatic heterocycles. The van der Waals surface area contributed by atoms with Gasteiger partial charge in [0.2, 0.25) is 0 Å². The Balaban J connectivity index is 2.29. The fourth-order valence-electron chi connectivity index (χ4n) is 4.40. The lowest BCUT2D eigenvalue weighted by Gasteiger charge is -2.52. The number of likely N-dealkylation sites (N-methyl/N-ethyl adjacent to an activating group) is 1. The molecule has 2 saturated heterocycles. The summed E-state index contributed by atoms with van der Waals surface area (Å²) in [5.74, 6) is -1.09. The molecule has 11 heteroatoms. The summed E-state index contributed by atoms with van der Waals surface area (Å²) >= 11 is 1.31. The molecule has 0 radical (unpaired) electrons. The van der Waals surface area contributed by atoms with Gasteiger partial charge in [0.1, 0.15) is 0 Å². The minimum Gasteiger partial charge on any atom is -0.461 e. The highest BCUT2D eigenvalue weighted by Crippen LogP contribution is 2.62. The Bertz CT molecular complexity index is 1040. The van der Waals surface area contributed by atoms with Crippen LogP contribution in [0.2, 0.25) is 0 Å². The summed E-state index contributed by atoms with van der Waals surface area (Å²) in [6.45, 7) is 6.26. The summed E-state index contributed by atoms with van der Waals surface area (Å²) in [5, 5.41) is 9.05. The zero-order valence-electron chi connectivity index (χ0n) is 18.7. The minimum absolute atomic E-state index is 0.0484. The van der Waals surface area contributed by atoms with Gasteiger partial charge >= 0.3 is 5.30 Å². The lowest BCUT2D eigenvalue weighted by molar-refractivity contribution is -0.163. The third-order valence-corrected chi connectivity index (χ3v) is 8.34. The van der Waals surface area contributed by atoms with Crippen LogP contribution in [0.5, 0.6) is 0 Å². The topological polar surface area (TPSA) is 121 Å². The van der Waals surface area contributed by atoms with Crippen molar-refractivity contribution >= 4 is 45.8 Å². The summed E-state index contributed by atoms with van der Waals surface area (Å²) in [6, 6.07) is 4.95. The second-order valence-electron chi connectivity index (χ2n) is 8.30. The highest BCUT2D eigenvalue weighted by molar-refractivity contribution is 8.15. The van der Waals surface area contributed by atoms with E-state index >= 15 is 0 Å². The Labute approximate surface area is 194 Å². The van der Waals surface area contributed by atoms with E-state index in [0.29, 0.717) is 17.3 Å². The van der Waals surface area contributed by atoms with Crippen molar-refractivity contribution < 1.29 is 23.9 Å². The monoisotopic (exact) mass is 476 g/mol. The van der Waals surface area contributed by atoms with Crippen molar-refractivity contribution in [3.05, 3.63) is 29.6 Å². The maximum Gasteiger partial charge on any atom is 0.369 e. The molecule has 1 aromatic rings. The van der Waals surface area contributed by atoms with Gasteiger partial charge in [-0.25, -0.2) is 4.79 Å². The number of hydrogen-bond acceptors (Lipinski definition) is 9. The number of rotatable bonds is 3. The van der Waals surface area contributed by atoms with Gasteiger partial charge in [-0.3, -0.25) is 19.4 Å². The maximum atomic E-state index is 14.0. The van der Waals surface area contributed by atoms with Gasteiger partial charge in [-0.2, -0.15) is 5.26 Å². The lowest BCUT2D eigenvalue weighted by atomic mass is 9.80. The molecule has 0 bridgehead atoms. The molecule has 0 spiro atoms. The van der Waals surface area contributed by atoms with Crippen LogP contribution in [0.1, 0.15) is 44.5 Å². The van der Waals surface area contributed by atoms with Crippen molar-refractivity contribution in [2.24, 2.45) is 5.41 Å². The molecule has 0 aromatic carbocycles. The van der Waals surface area contributed by atoms with E-state index in [9.17, 15) is 24.4 Å². The molecule has 0 N–H and O–H groups in total. The number of pyridine rings is 1. The van der Waals surface area contributed by atoms with Crippen LogP contribution >= 0.6 is 23.5 Å². The van der Waals surface area contributed by atoms with Crippen LogP contribution in [0.15, 0.2) is 18.3 Å². The fraction of sp³-hybridized carbons (Fsp3) is 0.524. The molecule has 2 fully saturated rings. The Morgan fingerprint density at radius 3 is 2.41 bits per heavy atom. The largest absolute Gasteiger partial charge is 0.461 e. The van der Waals surface area contributed by atoms with Crippen molar-refractivity contribution in [3.63, 3.8) is 0 Å². The summed E-state index contributed by atoms with van der Waals surface area (Å²) < 4.78 is 4.73. The number of methoxy groups -OCH3 is 1. The van der Waals surface area contributed by atoms with Crippen molar-refractivity contribution in [1.29, 1.82) is 5.26 Å². The number of carbonyl (C=O) groups is 4. The van der Waals surface area contributed by atoms with Crippen LogP contribution in [0.4, 0.5) is 4.79 Å². The average molecular weight is 477 g/mol. The summed E-state index contributed by atoms with van der Waals surface area (Å²) in [4.78, 5) is 55.8. The highest BCUT2D eigenvalue weighted by atomic mass is 32.2. The van der Waals surface area contributed by atoms with Crippen LogP contribution in [0.25, 0.3) is 0 Å².